The summed E-state index contributed by atoms with van der Waals surface area (Å²) in [7, 11) is 0. The number of amides is 1. The molecule has 0 aliphatic heterocycles. The van der Waals surface area contributed by atoms with E-state index in [1.54, 1.807) is 44.2 Å². The van der Waals surface area contributed by atoms with Gasteiger partial charge in [-0.25, -0.2) is 4.79 Å². The standard InChI is InChI=1S/C22H25NO3/c1-15(2)18-11-8-17(9-12-18)10-13-21(24)23-20-7-5-6-19(14-20)22(25)26-16(3)4/h5-16H,1-4H3,(H,23,24)/b13-10+. The fraction of sp³-hybridized carbons (Fsp3) is 0.273. The summed E-state index contributed by atoms with van der Waals surface area (Å²) < 4.78 is 5.16. The van der Waals surface area contributed by atoms with Crippen LogP contribution in [0, 0.1) is 0 Å². The molecule has 0 saturated carbocycles. The van der Waals surface area contributed by atoms with Crippen molar-refractivity contribution in [2.75, 3.05) is 5.32 Å². The fourth-order valence-corrected chi connectivity index (χ4v) is 2.35. The van der Waals surface area contributed by atoms with Crippen molar-refractivity contribution in [3.05, 3.63) is 71.3 Å². The summed E-state index contributed by atoms with van der Waals surface area (Å²) in [5.41, 5.74) is 3.17. The molecular weight excluding hydrogens is 326 g/mol. The Labute approximate surface area is 154 Å². The molecule has 0 heterocycles. The van der Waals surface area contributed by atoms with E-state index in [1.165, 1.54) is 11.6 Å². The average molecular weight is 351 g/mol. The number of esters is 1. The number of carbonyl (C=O) groups excluding carboxylic acids is 2. The van der Waals surface area contributed by atoms with Gasteiger partial charge in [-0.3, -0.25) is 4.79 Å². The molecule has 4 heteroatoms. The minimum absolute atomic E-state index is 0.189. The predicted octanol–water partition coefficient (Wildman–Crippen LogP) is 5.03. The van der Waals surface area contributed by atoms with Crippen molar-refractivity contribution in [2.45, 2.75) is 39.7 Å². The quantitative estimate of drug-likeness (QED) is 0.587. The summed E-state index contributed by atoms with van der Waals surface area (Å²) in [6.45, 7) is 7.87. The summed E-state index contributed by atoms with van der Waals surface area (Å²) in [6.07, 6.45) is 3.05. The van der Waals surface area contributed by atoms with Crippen molar-refractivity contribution in [1.82, 2.24) is 0 Å². The molecule has 0 unspecified atom stereocenters. The zero-order valence-corrected chi connectivity index (χ0v) is 15.7. The highest BCUT2D eigenvalue weighted by molar-refractivity contribution is 6.02. The molecular formula is C22H25NO3. The Balaban J connectivity index is 2.00. The molecule has 0 fully saturated rings. The number of rotatable bonds is 6. The summed E-state index contributed by atoms with van der Waals surface area (Å²) in [5.74, 6) is -0.185. The number of anilines is 1. The topological polar surface area (TPSA) is 55.4 Å². The Hall–Kier alpha value is -2.88. The minimum Gasteiger partial charge on any atom is -0.459 e. The van der Waals surface area contributed by atoms with E-state index in [1.807, 2.05) is 12.1 Å². The van der Waals surface area contributed by atoms with Crippen LogP contribution in [0.1, 0.15) is 55.1 Å². The molecule has 0 radical (unpaired) electrons. The molecule has 0 bridgehead atoms. The summed E-state index contributed by atoms with van der Waals surface area (Å²) in [5, 5.41) is 2.76. The molecule has 0 aromatic heterocycles. The van der Waals surface area contributed by atoms with E-state index in [-0.39, 0.29) is 12.0 Å². The Bertz CT molecular complexity index is 789. The van der Waals surface area contributed by atoms with Crippen molar-refractivity contribution in [1.29, 1.82) is 0 Å². The van der Waals surface area contributed by atoms with Gasteiger partial charge in [0, 0.05) is 11.8 Å². The van der Waals surface area contributed by atoms with Gasteiger partial charge in [-0.2, -0.15) is 0 Å². The first-order chi connectivity index (χ1) is 12.3. The van der Waals surface area contributed by atoms with E-state index in [2.05, 4.69) is 31.3 Å². The molecule has 0 saturated heterocycles. The fourth-order valence-electron chi connectivity index (χ4n) is 2.35. The van der Waals surface area contributed by atoms with Crippen LogP contribution in [-0.4, -0.2) is 18.0 Å². The zero-order chi connectivity index (χ0) is 19.1. The van der Waals surface area contributed by atoms with Crippen molar-refractivity contribution in [2.24, 2.45) is 0 Å². The number of hydrogen-bond acceptors (Lipinski definition) is 3. The minimum atomic E-state index is -0.406. The lowest BCUT2D eigenvalue weighted by molar-refractivity contribution is -0.111. The summed E-state index contributed by atoms with van der Waals surface area (Å²) in [4.78, 5) is 24.0. The van der Waals surface area contributed by atoms with Gasteiger partial charge < -0.3 is 10.1 Å². The Morgan fingerprint density at radius 1 is 1.00 bits per heavy atom. The van der Waals surface area contributed by atoms with Crippen LogP contribution >= 0.6 is 0 Å². The average Bonchev–Trinajstić information content (AvgIpc) is 2.60. The molecule has 2 aromatic carbocycles. The number of carbonyl (C=O) groups is 2. The SMILES string of the molecule is CC(C)OC(=O)c1cccc(NC(=O)/C=C/c2ccc(C(C)C)cc2)c1. The van der Waals surface area contributed by atoms with Gasteiger partial charge >= 0.3 is 5.97 Å². The Morgan fingerprint density at radius 2 is 1.69 bits per heavy atom. The summed E-state index contributed by atoms with van der Waals surface area (Å²) in [6, 6.07) is 14.8. The monoisotopic (exact) mass is 351 g/mol. The van der Waals surface area contributed by atoms with Crippen LogP contribution in [0.4, 0.5) is 5.69 Å². The van der Waals surface area contributed by atoms with Crippen LogP contribution < -0.4 is 5.32 Å². The number of benzene rings is 2. The second-order valence-electron chi connectivity index (χ2n) is 6.68. The van der Waals surface area contributed by atoms with E-state index in [4.69, 9.17) is 4.74 Å². The van der Waals surface area contributed by atoms with Crippen molar-refractivity contribution >= 4 is 23.6 Å². The second-order valence-corrected chi connectivity index (χ2v) is 6.68. The van der Waals surface area contributed by atoms with Crippen LogP contribution in [0.3, 0.4) is 0 Å². The Kier molecular flexibility index (Phi) is 6.73. The molecule has 0 spiro atoms. The van der Waals surface area contributed by atoms with Gasteiger partial charge in [0.05, 0.1) is 11.7 Å². The first-order valence-electron chi connectivity index (χ1n) is 8.75. The molecule has 26 heavy (non-hydrogen) atoms. The first-order valence-corrected chi connectivity index (χ1v) is 8.75. The van der Waals surface area contributed by atoms with E-state index in [0.29, 0.717) is 17.2 Å². The third-order valence-corrected chi connectivity index (χ3v) is 3.74. The normalized spacial score (nSPS) is 11.2. The van der Waals surface area contributed by atoms with Crippen molar-refractivity contribution in [3.8, 4) is 0 Å². The van der Waals surface area contributed by atoms with Crippen molar-refractivity contribution < 1.29 is 14.3 Å². The van der Waals surface area contributed by atoms with Gasteiger partial charge in [0.1, 0.15) is 0 Å². The van der Waals surface area contributed by atoms with Gasteiger partial charge in [0.2, 0.25) is 5.91 Å². The van der Waals surface area contributed by atoms with Crippen LogP contribution in [-0.2, 0) is 9.53 Å². The smallest absolute Gasteiger partial charge is 0.338 e. The largest absolute Gasteiger partial charge is 0.459 e. The van der Waals surface area contributed by atoms with Gasteiger partial charge in [-0.15, -0.1) is 0 Å². The molecule has 4 nitrogen and oxygen atoms in total. The lowest BCUT2D eigenvalue weighted by Gasteiger charge is -2.09. The number of ether oxygens (including phenoxy) is 1. The maximum Gasteiger partial charge on any atom is 0.338 e. The van der Waals surface area contributed by atoms with Crippen LogP contribution in [0.25, 0.3) is 6.08 Å². The lowest BCUT2D eigenvalue weighted by atomic mass is 10.0. The second kappa shape index (κ2) is 8.99. The van der Waals surface area contributed by atoms with Gasteiger partial charge in [0.25, 0.3) is 0 Å². The molecule has 0 aliphatic rings. The third-order valence-electron chi connectivity index (χ3n) is 3.74. The van der Waals surface area contributed by atoms with Gasteiger partial charge in [-0.1, -0.05) is 44.2 Å². The maximum absolute atomic E-state index is 12.1. The highest BCUT2D eigenvalue weighted by Crippen LogP contribution is 2.16. The molecule has 2 aromatic rings. The third kappa shape index (κ3) is 5.88. The predicted molar refractivity (Wildman–Crippen MR) is 105 cm³/mol. The van der Waals surface area contributed by atoms with E-state index in [9.17, 15) is 9.59 Å². The van der Waals surface area contributed by atoms with E-state index < -0.39 is 5.97 Å². The van der Waals surface area contributed by atoms with Crippen LogP contribution in [0.5, 0.6) is 0 Å². The Morgan fingerprint density at radius 3 is 2.31 bits per heavy atom. The number of nitrogens with one attached hydrogen (secondary N) is 1. The van der Waals surface area contributed by atoms with Crippen molar-refractivity contribution in [3.63, 3.8) is 0 Å². The number of hydrogen-bond donors (Lipinski definition) is 1. The van der Waals surface area contributed by atoms with Gasteiger partial charge in [0.15, 0.2) is 0 Å². The maximum atomic E-state index is 12.1. The molecule has 0 aliphatic carbocycles. The molecule has 2 rings (SSSR count). The summed E-state index contributed by atoms with van der Waals surface area (Å²) >= 11 is 0. The molecule has 1 N–H and O–H groups in total. The highest BCUT2D eigenvalue weighted by Gasteiger charge is 2.10. The first kappa shape index (κ1) is 19.4. The molecule has 1 amide bonds. The van der Waals surface area contributed by atoms with Crippen LogP contribution in [0.15, 0.2) is 54.6 Å². The zero-order valence-electron chi connectivity index (χ0n) is 15.7. The van der Waals surface area contributed by atoms with Gasteiger partial charge in [-0.05, 0) is 55.2 Å². The van der Waals surface area contributed by atoms with Crippen LogP contribution in [0.2, 0.25) is 0 Å². The molecule has 0 atom stereocenters. The van der Waals surface area contributed by atoms with E-state index >= 15 is 0 Å². The highest BCUT2D eigenvalue weighted by atomic mass is 16.5. The van der Waals surface area contributed by atoms with E-state index in [0.717, 1.165) is 5.56 Å². The lowest BCUT2D eigenvalue weighted by Crippen LogP contribution is -2.13. The molecule has 136 valence electrons.